The lowest BCUT2D eigenvalue weighted by Gasteiger charge is -2.21. The average Bonchev–Trinajstić information content (AvgIpc) is 2.33. The molecule has 0 aromatic heterocycles. The maximum atomic E-state index is 13.3. The molecule has 1 aromatic rings. The lowest BCUT2D eigenvalue weighted by molar-refractivity contribution is -0.121. The number of benzene rings is 1. The van der Waals surface area contributed by atoms with E-state index < -0.39 is 17.8 Å². The molecule has 0 heterocycles. The Kier molecular flexibility index (Phi) is 5.66. The smallest absolute Gasteiger partial charge is 0.318 e. The third kappa shape index (κ3) is 6.71. The van der Waals surface area contributed by atoms with Gasteiger partial charge in [-0.2, -0.15) is 0 Å². The Balaban J connectivity index is 2.72. The Morgan fingerprint density at radius 2 is 2.00 bits per heavy atom. The quantitative estimate of drug-likeness (QED) is 0.763. The Morgan fingerprint density at radius 3 is 2.57 bits per heavy atom. The molecule has 0 saturated carbocycles. The number of primary amides is 1. The maximum Gasteiger partial charge on any atom is 0.318 e. The highest BCUT2D eigenvalue weighted by molar-refractivity contribution is 5.94. The van der Waals surface area contributed by atoms with Crippen molar-refractivity contribution < 1.29 is 18.7 Å². The number of amides is 3. The summed E-state index contributed by atoms with van der Waals surface area (Å²) in [4.78, 5) is 21.8. The highest BCUT2D eigenvalue weighted by atomic mass is 19.1. The third-order valence-electron chi connectivity index (χ3n) is 2.45. The van der Waals surface area contributed by atoms with Gasteiger partial charge in [-0.15, -0.1) is 0 Å². The molecular formula is C14H20FN3O3. The Labute approximate surface area is 122 Å². The van der Waals surface area contributed by atoms with Gasteiger partial charge in [0.05, 0.1) is 0 Å². The Bertz CT molecular complexity index is 527. The van der Waals surface area contributed by atoms with Crippen molar-refractivity contribution in [1.29, 1.82) is 0 Å². The van der Waals surface area contributed by atoms with Crippen LogP contribution >= 0.6 is 0 Å². The lowest BCUT2D eigenvalue weighted by atomic mass is 10.1. The molecule has 0 saturated heterocycles. The van der Waals surface area contributed by atoms with Gasteiger partial charge in [0.1, 0.15) is 11.6 Å². The topological polar surface area (TPSA) is 93.4 Å². The number of carbonyl (C=O) groups excluding carboxylic acids is 2. The van der Waals surface area contributed by atoms with Gasteiger partial charge in [0.25, 0.3) is 5.91 Å². The van der Waals surface area contributed by atoms with Gasteiger partial charge in [-0.1, -0.05) is 0 Å². The van der Waals surface area contributed by atoms with Crippen LogP contribution in [0.1, 0.15) is 26.3 Å². The second kappa shape index (κ2) is 7.03. The SMILES string of the molecule is CC(C)(C)NCc1cc(F)ccc1OCC(=O)NC(N)=O. The number of imide groups is 1. The zero-order chi connectivity index (χ0) is 16.0. The van der Waals surface area contributed by atoms with Crippen LogP contribution in [-0.4, -0.2) is 24.1 Å². The van der Waals surface area contributed by atoms with E-state index in [1.807, 2.05) is 26.1 Å². The van der Waals surface area contributed by atoms with Crippen molar-refractivity contribution in [2.24, 2.45) is 5.73 Å². The molecule has 0 aliphatic carbocycles. The molecule has 0 bridgehead atoms. The molecule has 0 atom stereocenters. The van der Waals surface area contributed by atoms with Gasteiger partial charge in [0, 0.05) is 17.6 Å². The molecule has 116 valence electrons. The zero-order valence-corrected chi connectivity index (χ0v) is 12.3. The van der Waals surface area contributed by atoms with Crippen molar-refractivity contribution in [1.82, 2.24) is 10.6 Å². The van der Waals surface area contributed by atoms with Crippen molar-refractivity contribution in [3.05, 3.63) is 29.6 Å². The minimum Gasteiger partial charge on any atom is -0.483 e. The molecule has 1 rings (SSSR count). The summed E-state index contributed by atoms with van der Waals surface area (Å²) >= 11 is 0. The van der Waals surface area contributed by atoms with Crippen LogP contribution in [0.2, 0.25) is 0 Å². The van der Waals surface area contributed by atoms with Crippen molar-refractivity contribution in [3.63, 3.8) is 0 Å². The summed E-state index contributed by atoms with van der Waals surface area (Å²) in [5, 5.41) is 5.09. The summed E-state index contributed by atoms with van der Waals surface area (Å²) in [5.74, 6) is -0.691. The Morgan fingerprint density at radius 1 is 1.33 bits per heavy atom. The third-order valence-corrected chi connectivity index (χ3v) is 2.45. The van der Waals surface area contributed by atoms with E-state index >= 15 is 0 Å². The number of nitrogens with two attached hydrogens (primary N) is 1. The Hall–Kier alpha value is -2.15. The average molecular weight is 297 g/mol. The van der Waals surface area contributed by atoms with Gasteiger partial charge in [0.2, 0.25) is 0 Å². The molecule has 1 aromatic carbocycles. The van der Waals surface area contributed by atoms with E-state index in [9.17, 15) is 14.0 Å². The van der Waals surface area contributed by atoms with Crippen LogP contribution in [0.5, 0.6) is 5.75 Å². The summed E-state index contributed by atoms with van der Waals surface area (Å²) < 4.78 is 18.6. The predicted octanol–water partition coefficient (Wildman–Crippen LogP) is 1.29. The largest absolute Gasteiger partial charge is 0.483 e. The molecule has 0 aliphatic heterocycles. The summed E-state index contributed by atoms with van der Waals surface area (Å²) in [7, 11) is 0. The lowest BCUT2D eigenvalue weighted by Crippen LogP contribution is -2.38. The molecule has 0 aliphatic rings. The summed E-state index contributed by atoms with van der Waals surface area (Å²) in [6.07, 6.45) is 0. The first-order valence-electron chi connectivity index (χ1n) is 6.43. The number of halogens is 1. The molecule has 6 nitrogen and oxygen atoms in total. The fourth-order valence-corrected chi connectivity index (χ4v) is 1.50. The molecule has 4 N–H and O–H groups in total. The number of urea groups is 1. The molecule has 0 unspecified atom stereocenters. The van der Waals surface area contributed by atoms with Gasteiger partial charge in [-0.25, -0.2) is 9.18 Å². The first-order valence-corrected chi connectivity index (χ1v) is 6.43. The molecular weight excluding hydrogens is 277 g/mol. The highest BCUT2D eigenvalue weighted by Gasteiger charge is 2.13. The van der Waals surface area contributed by atoms with Crippen LogP contribution in [0, 0.1) is 5.82 Å². The van der Waals surface area contributed by atoms with Crippen molar-refractivity contribution in [3.8, 4) is 5.75 Å². The van der Waals surface area contributed by atoms with Crippen LogP contribution in [0.3, 0.4) is 0 Å². The van der Waals surface area contributed by atoms with E-state index in [0.717, 1.165) is 0 Å². The van der Waals surface area contributed by atoms with E-state index in [0.29, 0.717) is 17.9 Å². The number of rotatable bonds is 5. The molecule has 21 heavy (non-hydrogen) atoms. The van der Waals surface area contributed by atoms with Crippen molar-refractivity contribution in [2.75, 3.05) is 6.61 Å². The van der Waals surface area contributed by atoms with Crippen molar-refractivity contribution >= 4 is 11.9 Å². The van der Waals surface area contributed by atoms with Crippen LogP contribution in [0.4, 0.5) is 9.18 Å². The van der Waals surface area contributed by atoms with Crippen LogP contribution in [0.25, 0.3) is 0 Å². The van der Waals surface area contributed by atoms with E-state index in [-0.39, 0.29) is 12.1 Å². The number of hydrogen-bond donors (Lipinski definition) is 3. The zero-order valence-electron chi connectivity index (χ0n) is 12.3. The first-order chi connectivity index (χ1) is 9.67. The number of carbonyl (C=O) groups is 2. The minimum absolute atomic E-state index is 0.146. The fourth-order valence-electron chi connectivity index (χ4n) is 1.50. The second-order valence-corrected chi connectivity index (χ2v) is 5.56. The normalized spacial score (nSPS) is 11.0. The summed E-state index contributed by atoms with van der Waals surface area (Å²) in [5.41, 5.74) is 5.26. The van der Waals surface area contributed by atoms with E-state index in [2.05, 4.69) is 5.32 Å². The van der Waals surface area contributed by atoms with Crippen LogP contribution in [-0.2, 0) is 11.3 Å². The molecule has 0 spiro atoms. The van der Waals surface area contributed by atoms with Gasteiger partial charge >= 0.3 is 6.03 Å². The molecule has 0 fully saturated rings. The highest BCUT2D eigenvalue weighted by Crippen LogP contribution is 2.20. The van der Waals surface area contributed by atoms with E-state index in [1.54, 1.807) is 0 Å². The standard InChI is InChI=1S/C14H20FN3O3/c1-14(2,3)17-7-9-6-10(15)4-5-11(9)21-8-12(19)18-13(16)20/h4-6,17H,7-8H2,1-3H3,(H3,16,18,19,20). The second-order valence-electron chi connectivity index (χ2n) is 5.56. The number of ether oxygens (including phenoxy) is 1. The maximum absolute atomic E-state index is 13.3. The van der Waals surface area contributed by atoms with Crippen molar-refractivity contribution in [2.45, 2.75) is 32.9 Å². The van der Waals surface area contributed by atoms with Crippen LogP contribution < -0.4 is 21.1 Å². The van der Waals surface area contributed by atoms with Gasteiger partial charge in [-0.3, -0.25) is 10.1 Å². The monoisotopic (exact) mass is 297 g/mol. The molecule has 0 radical (unpaired) electrons. The fraction of sp³-hybridized carbons (Fsp3) is 0.429. The molecule has 3 amide bonds. The minimum atomic E-state index is -0.947. The number of nitrogens with one attached hydrogen (secondary N) is 2. The summed E-state index contributed by atoms with van der Waals surface area (Å²) in [6.45, 7) is 5.94. The van der Waals surface area contributed by atoms with Gasteiger partial charge < -0.3 is 15.8 Å². The van der Waals surface area contributed by atoms with Gasteiger partial charge in [0.15, 0.2) is 6.61 Å². The number of hydrogen-bond acceptors (Lipinski definition) is 4. The van der Waals surface area contributed by atoms with Crippen LogP contribution in [0.15, 0.2) is 18.2 Å². The van der Waals surface area contributed by atoms with E-state index in [4.69, 9.17) is 10.5 Å². The van der Waals surface area contributed by atoms with E-state index in [1.165, 1.54) is 18.2 Å². The van der Waals surface area contributed by atoms with Gasteiger partial charge in [-0.05, 0) is 39.0 Å². The first kappa shape index (κ1) is 16.9. The predicted molar refractivity (Wildman–Crippen MR) is 76.2 cm³/mol. The summed E-state index contributed by atoms with van der Waals surface area (Å²) in [6, 6.07) is 3.06. The molecule has 7 heteroatoms.